The van der Waals surface area contributed by atoms with Gasteiger partial charge in [0.05, 0.1) is 11.6 Å². The van der Waals surface area contributed by atoms with E-state index < -0.39 is 9.84 Å². The first-order valence-electron chi connectivity index (χ1n) is 9.24. The van der Waals surface area contributed by atoms with Crippen LogP contribution < -0.4 is 0 Å². The van der Waals surface area contributed by atoms with Gasteiger partial charge in [0.1, 0.15) is 0 Å². The van der Waals surface area contributed by atoms with Gasteiger partial charge in [-0.3, -0.25) is 14.1 Å². The van der Waals surface area contributed by atoms with Crippen LogP contribution in [0.3, 0.4) is 0 Å². The molecule has 2 aliphatic heterocycles. The first-order chi connectivity index (χ1) is 12.9. The number of carbonyl (C=O) groups is 1. The third kappa shape index (κ3) is 3.71. The second-order valence-electron chi connectivity index (χ2n) is 7.20. The highest BCUT2D eigenvalue weighted by molar-refractivity contribution is 7.90. The monoisotopic (exact) mass is 392 g/mol. The van der Waals surface area contributed by atoms with Crippen molar-refractivity contribution in [3.63, 3.8) is 0 Å². The number of fused-ring (bicyclic) bond motifs is 1. The van der Waals surface area contributed by atoms with Crippen LogP contribution in [-0.4, -0.2) is 85.2 Å². The number of sulfone groups is 1. The largest absolute Gasteiger partial charge is 0.377 e. The number of amides is 1. The third-order valence-electron chi connectivity index (χ3n) is 5.20. The summed E-state index contributed by atoms with van der Waals surface area (Å²) < 4.78 is 31.2. The van der Waals surface area contributed by atoms with Crippen LogP contribution in [0.2, 0.25) is 0 Å². The second kappa shape index (κ2) is 7.21. The van der Waals surface area contributed by atoms with Crippen molar-refractivity contribution < 1.29 is 17.9 Å². The number of ether oxygens (including phenoxy) is 1. The van der Waals surface area contributed by atoms with Crippen LogP contribution in [0.1, 0.15) is 23.3 Å². The number of hydrogen-bond acceptors (Lipinski definition) is 6. The summed E-state index contributed by atoms with van der Waals surface area (Å²) in [6.07, 6.45) is 5.26. The highest BCUT2D eigenvalue weighted by Crippen LogP contribution is 2.20. The molecule has 0 saturated carbocycles. The Balaban J connectivity index is 1.50. The van der Waals surface area contributed by atoms with Gasteiger partial charge in [-0.25, -0.2) is 13.4 Å². The second-order valence-corrected chi connectivity index (χ2v) is 9.11. The number of imidazole rings is 1. The Kier molecular flexibility index (Phi) is 4.92. The molecule has 0 aliphatic carbocycles. The molecule has 1 unspecified atom stereocenters. The SMILES string of the molecule is CS(=O)(=O)c1nc(C(=O)N2CCN(CC3CCCO3)CC2)c2ccccn12. The van der Waals surface area contributed by atoms with E-state index in [2.05, 4.69) is 9.88 Å². The molecule has 2 fully saturated rings. The van der Waals surface area contributed by atoms with Gasteiger partial charge in [0.25, 0.3) is 5.91 Å². The fourth-order valence-electron chi connectivity index (χ4n) is 3.79. The van der Waals surface area contributed by atoms with E-state index in [0.717, 1.165) is 45.3 Å². The molecule has 2 aromatic heterocycles. The molecule has 0 aromatic carbocycles. The Morgan fingerprint density at radius 3 is 2.70 bits per heavy atom. The lowest BCUT2D eigenvalue weighted by molar-refractivity contribution is 0.0431. The van der Waals surface area contributed by atoms with Crippen molar-refractivity contribution in [2.45, 2.75) is 24.1 Å². The highest BCUT2D eigenvalue weighted by atomic mass is 32.2. The molecule has 2 saturated heterocycles. The van der Waals surface area contributed by atoms with Gasteiger partial charge in [-0.1, -0.05) is 6.07 Å². The molecule has 0 spiro atoms. The minimum absolute atomic E-state index is 0.0986. The van der Waals surface area contributed by atoms with Gasteiger partial charge in [-0.15, -0.1) is 0 Å². The molecular formula is C18H24N4O4S. The molecule has 4 heterocycles. The average Bonchev–Trinajstić information content (AvgIpc) is 3.29. The van der Waals surface area contributed by atoms with Crippen LogP contribution >= 0.6 is 0 Å². The van der Waals surface area contributed by atoms with Crippen molar-refractivity contribution in [1.29, 1.82) is 0 Å². The zero-order chi connectivity index (χ0) is 19.0. The molecule has 8 nitrogen and oxygen atoms in total. The van der Waals surface area contributed by atoms with Crippen molar-refractivity contribution in [1.82, 2.24) is 19.2 Å². The quantitative estimate of drug-likeness (QED) is 0.761. The Hall–Kier alpha value is -1.97. The van der Waals surface area contributed by atoms with Gasteiger partial charge < -0.3 is 9.64 Å². The molecule has 9 heteroatoms. The summed E-state index contributed by atoms with van der Waals surface area (Å²) in [5, 5.41) is -0.0986. The lowest BCUT2D eigenvalue weighted by Gasteiger charge is -2.35. The van der Waals surface area contributed by atoms with E-state index in [1.165, 1.54) is 4.40 Å². The van der Waals surface area contributed by atoms with Crippen LogP contribution in [0.15, 0.2) is 29.6 Å². The lowest BCUT2D eigenvalue weighted by Crippen LogP contribution is -2.50. The summed E-state index contributed by atoms with van der Waals surface area (Å²) in [5.41, 5.74) is 0.716. The van der Waals surface area contributed by atoms with Crippen molar-refractivity contribution in [2.75, 3.05) is 45.6 Å². The summed E-state index contributed by atoms with van der Waals surface area (Å²) >= 11 is 0. The normalized spacial score (nSPS) is 21.8. The average molecular weight is 392 g/mol. The molecule has 2 aromatic rings. The first kappa shape index (κ1) is 18.4. The van der Waals surface area contributed by atoms with E-state index in [0.29, 0.717) is 24.7 Å². The van der Waals surface area contributed by atoms with E-state index in [-0.39, 0.29) is 16.8 Å². The van der Waals surface area contributed by atoms with Gasteiger partial charge >= 0.3 is 0 Å². The minimum atomic E-state index is -3.54. The zero-order valence-corrected chi connectivity index (χ0v) is 16.2. The Morgan fingerprint density at radius 2 is 2.04 bits per heavy atom. The smallest absolute Gasteiger partial charge is 0.274 e. The molecule has 0 radical (unpaired) electrons. The molecule has 4 rings (SSSR count). The van der Waals surface area contributed by atoms with Gasteiger partial charge in [0.15, 0.2) is 5.69 Å². The van der Waals surface area contributed by atoms with E-state index in [1.54, 1.807) is 29.3 Å². The van der Waals surface area contributed by atoms with E-state index >= 15 is 0 Å². The Morgan fingerprint density at radius 1 is 1.26 bits per heavy atom. The van der Waals surface area contributed by atoms with Crippen molar-refractivity contribution >= 4 is 21.3 Å². The summed E-state index contributed by atoms with van der Waals surface area (Å²) in [4.78, 5) is 21.3. The predicted molar refractivity (Wildman–Crippen MR) is 99.6 cm³/mol. The maximum atomic E-state index is 13.0. The number of pyridine rings is 1. The summed E-state index contributed by atoms with van der Waals surface area (Å²) in [6, 6.07) is 5.23. The number of nitrogens with zero attached hydrogens (tertiary/aromatic N) is 4. The summed E-state index contributed by atoms with van der Waals surface area (Å²) in [6.45, 7) is 4.54. The van der Waals surface area contributed by atoms with Gasteiger partial charge in [-0.2, -0.15) is 0 Å². The molecule has 1 atom stereocenters. The van der Waals surface area contributed by atoms with E-state index in [1.807, 2.05) is 0 Å². The van der Waals surface area contributed by atoms with Gasteiger partial charge in [0, 0.05) is 51.8 Å². The summed E-state index contributed by atoms with van der Waals surface area (Å²) in [7, 11) is -3.54. The van der Waals surface area contributed by atoms with Crippen molar-refractivity contribution in [2.24, 2.45) is 0 Å². The van der Waals surface area contributed by atoms with E-state index in [9.17, 15) is 13.2 Å². The molecule has 1 amide bonds. The topological polar surface area (TPSA) is 84.2 Å². The lowest BCUT2D eigenvalue weighted by atomic mass is 10.2. The van der Waals surface area contributed by atoms with Crippen molar-refractivity contribution in [3.05, 3.63) is 30.1 Å². The predicted octanol–water partition coefficient (Wildman–Crippen LogP) is 0.675. The van der Waals surface area contributed by atoms with Gasteiger partial charge in [0.2, 0.25) is 15.0 Å². The number of hydrogen-bond donors (Lipinski definition) is 0. The molecule has 0 N–H and O–H groups in total. The van der Waals surface area contributed by atoms with E-state index in [4.69, 9.17) is 4.74 Å². The highest BCUT2D eigenvalue weighted by Gasteiger charge is 2.29. The molecule has 0 bridgehead atoms. The molecule has 2 aliphatic rings. The standard InChI is InChI=1S/C18H24N4O4S/c1-27(24,25)18-19-16(15-6-2-3-7-22(15)18)17(23)21-10-8-20(9-11-21)13-14-5-4-12-26-14/h2-3,6-7,14H,4-5,8-13H2,1H3. The fourth-order valence-corrected chi connectivity index (χ4v) is 4.56. The molecular weight excluding hydrogens is 368 g/mol. The number of carbonyl (C=O) groups excluding carboxylic acids is 1. The van der Waals surface area contributed by atoms with Crippen LogP contribution in [0, 0.1) is 0 Å². The number of rotatable bonds is 4. The van der Waals surface area contributed by atoms with Crippen LogP contribution in [0.4, 0.5) is 0 Å². The molecule has 146 valence electrons. The Bertz CT molecular complexity index is 941. The van der Waals surface area contributed by atoms with Crippen LogP contribution in [-0.2, 0) is 14.6 Å². The zero-order valence-electron chi connectivity index (χ0n) is 15.4. The first-order valence-corrected chi connectivity index (χ1v) is 11.1. The van der Waals surface area contributed by atoms with Gasteiger partial charge in [-0.05, 0) is 25.0 Å². The maximum absolute atomic E-state index is 13.0. The maximum Gasteiger partial charge on any atom is 0.274 e. The van der Waals surface area contributed by atoms with Crippen LogP contribution in [0.5, 0.6) is 0 Å². The third-order valence-corrected chi connectivity index (χ3v) is 6.15. The number of piperazine rings is 1. The van der Waals surface area contributed by atoms with Crippen LogP contribution in [0.25, 0.3) is 5.52 Å². The minimum Gasteiger partial charge on any atom is -0.377 e. The number of aromatic nitrogens is 2. The molecule has 27 heavy (non-hydrogen) atoms. The van der Waals surface area contributed by atoms with Crippen molar-refractivity contribution in [3.8, 4) is 0 Å². The Labute approximate surface area is 158 Å². The summed E-state index contributed by atoms with van der Waals surface area (Å²) in [5.74, 6) is -0.217. The fraction of sp³-hybridized carbons (Fsp3) is 0.556.